The first-order valence-corrected chi connectivity index (χ1v) is 3.57. The van der Waals surface area contributed by atoms with Gasteiger partial charge >= 0.3 is 0 Å². The molecule has 0 aromatic heterocycles. The summed E-state index contributed by atoms with van der Waals surface area (Å²) in [6.07, 6.45) is 0. The molecule has 0 atom stereocenters. The standard InChI is InChI=1S/C6H15N3S/c1-6(2,3)9(7)5(10)8-4/h7H2,1-4H3,(H,8,10). The first-order chi connectivity index (χ1) is 4.39. The smallest absolute Gasteiger partial charge is 0.183 e. The molecule has 0 fully saturated rings. The third kappa shape index (κ3) is 2.49. The lowest BCUT2D eigenvalue weighted by Gasteiger charge is -2.32. The second kappa shape index (κ2) is 3.16. The maximum atomic E-state index is 5.63. The summed E-state index contributed by atoms with van der Waals surface area (Å²) in [7, 11) is 1.76. The molecule has 0 aliphatic carbocycles. The van der Waals surface area contributed by atoms with E-state index >= 15 is 0 Å². The summed E-state index contributed by atoms with van der Waals surface area (Å²) >= 11 is 4.92. The van der Waals surface area contributed by atoms with Crippen molar-refractivity contribution < 1.29 is 0 Å². The zero-order valence-electron chi connectivity index (χ0n) is 6.93. The number of nitrogens with zero attached hydrogens (tertiary/aromatic N) is 1. The van der Waals surface area contributed by atoms with Crippen LogP contribution in [0.4, 0.5) is 0 Å². The summed E-state index contributed by atoms with van der Waals surface area (Å²) in [6.45, 7) is 5.99. The fourth-order valence-corrected chi connectivity index (χ4v) is 0.699. The second-order valence-corrected chi connectivity index (χ2v) is 3.48. The van der Waals surface area contributed by atoms with E-state index in [1.54, 1.807) is 7.05 Å². The van der Waals surface area contributed by atoms with Gasteiger partial charge in [0.25, 0.3) is 0 Å². The maximum absolute atomic E-state index is 5.63. The largest absolute Gasteiger partial charge is 0.365 e. The second-order valence-electron chi connectivity index (χ2n) is 3.10. The first kappa shape index (κ1) is 9.65. The summed E-state index contributed by atoms with van der Waals surface area (Å²) in [6, 6.07) is 0. The highest BCUT2D eigenvalue weighted by molar-refractivity contribution is 7.80. The SMILES string of the molecule is CNC(=S)N(N)C(C)(C)C. The van der Waals surface area contributed by atoms with Gasteiger partial charge in [-0.25, -0.2) is 5.84 Å². The van der Waals surface area contributed by atoms with Crippen molar-refractivity contribution in [3.8, 4) is 0 Å². The molecule has 0 aromatic rings. The van der Waals surface area contributed by atoms with Gasteiger partial charge in [0.15, 0.2) is 5.11 Å². The summed E-state index contributed by atoms with van der Waals surface area (Å²) in [4.78, 5) is 0. The van der Waals surface area contributed by atoms with Gasteiger partial charge in [-0.2, -0.15) is 0 Å². The first-order valence-electron chi connectivity index (χ1n) is 3.16. The zero-order valence-corrected chi connectivity index (χ0v) is 7.75. The molecular weight excluding hydrogens is 146 g/mol. The maximum Gasteiger partial charge on any atom is 0.183 e. The Balaban J connectivity index is 4.08. The van der Waals surface area contributed by atoms with Crippen molar-refractivity contribution in [2.24, 2.45) is 5.84 Å². The number of nitrogens with one attached hydrogen (secondary N) is 1. The molecule has 10 heavy (non-hydrogen) atoms. The van der Waals surface area contributed by atoms with Gasteiger partial charge in [0.05, 0.1) is 0 Å². The predicted octanol–water partition coefficient (Wildman–Crippen LogP) is 0.465. The molecule has 3 N–H and O–H groups in total. The van der Waals surface area contributed by atoms with E-state index in [1.165, 1.54) is 5.01 Å². The van der Waals surface area contributed by atoms with Crippen molar-refractivity contribution in [3.05, 3.63) is 0 Å². The van der Waals surface area contributed by atoms with Gasteiger partial charge in [0.1, 0.15) is 0 Å². The van der Waals surface area contributed by atoms with E-state index in [0.29, 0.717) is 5.11 Å². The summed E-state index contributed by atoms with van der Waals surface area (Å²) in [5.41, 5.74) is -0.111. The van der Waals surface area contributed by atoms with E-state index < -0.39 is 0 Å². The molecule has 60 valence electrons. The Morgan fingerprint density at radius 2 is 1.90 bits per heavy atom. The molecule has 0 heterocycles. The zero-order chi connectivity index (χ0) is 8.36. The van der Waals surface area contributed by atoms with Crippen LogP contribution in [0.5, 0.6) is 0 Å². The van der Waals surface area contributed by atoms with Crippen LogP contribution in [0.2, 0.25) is 0 Å². The van der Waals surface area contributed by atoms with E-state index in [1.807, 2.05) is 20.8 Å². The van der Waals surface area contributed by atoms with Crippen LogP contribution in [0.3, 0.4) is 0 Å². The van der Waals surface area contributed by atoms with Gasteiger partial charge in [-0.3, -0.25) is 5.01 Å². The molecule has 0 radical (unpaired) electrons. The highest BCUT2D eigenvalue weighted by Crippen LogP contribution is 2.07. The van der Waals surface area contributed by atoms with E-state index in [2.05, 4.69) is 5.32 Å². The van der Waals surface area contributed by atoms with Gasteiger partial charge < -0.3 is 5.32 Å². The van der Waals surface area contributed by atoms with Crippen LogP contribution < -0.4 is 11.2 Å². The van der Waals surface area contributed by atoms with Gasteiger partial charge in [-0.1, -0.05) is 0 Å². The van der Waals surface area contributed by atoms with Crippen molar-refractivity contribution in [1.82, 2.24) is 10.3 Å². The minimum atomic E-state index is -0.111. The third-order valence-corrected chi connectivity index (χ3v) is 1.56. The molecule has 0 aliphatic heterocycles. The van der Waals surface area contributed by atoms with Crippen molar-refractivity contribution in [3.63, 3.8) is 0 Å². The van der Waals surface area contributed by atoms with E-state index in [-0.39, 0.29) is 5.54 Å². The third-order valence-electron chi connectivity index (χ3n) is 1.16. The van der Waals surface area contributed by atoms with Gasteiger partial charge in [0, 0.05) is 12.6 Å². The van der Waals surface area contributed by atoms with E-state index in [9.17, 15) is 0 Å². The number of rotatable bonds is 0. The van der Waals surface area contributed by atoms with Gasteiger partial charge in [-0.05, 0) is 33.0 Å². The van der Waals surface area contributed by atoms with Crippen LogP contribution in [0.15, 0.2) is 0 Å². The molecule has 0 aliphatic rings. The van der Waals surface area contributed by atoms with Crippen LogP contribution in [-0.4, -0.2) is 22.7 Å². The Bertz CT molecular complexity index is 127. The highest BCUT2D eigenvalue weighted by Gasteiger charge is 2.19. The summed E-state index contributed by atoms with van der Waals surface area (Å²) in [5, 5.41) is 4.90. The lowest BCUT2D eigenvalue weighted by atomic mass is 10.1. The van der Waals surface area contributed by atoms with Crippen molar-refractivity contribution >= 4 is 17.3 Å². The molecule has 0 unspecified atom stereocenters. The number of hydrogen-bond donors (Lipinski definition) is 2. The fraction of sp³-hybridized carbons (Fsp3) is 0.833. The Labute approximate surface area is 67.5 Å². The normalized spacial score (nSPS) is 10.9. The molecule has 0 rings (SSSR count). The number of nitrogens with two attached hydrogens (primary N) is 1. The average molecular weight is 161 g/mol. The Kier molecular flexibility index (Phi) is 3.05. The van der Waals surface area contributed by atoms with Crippen molar-refractivity contribution in [2.75, 3.05) is 7.05 Å². The number of hydrazine groups is 1. The predicted molar refractivity (Wildman–Crippen MR) is 47.4 cm³/mol. The van der Waals surface area contributed by atoms with Crippen molar-refractivity contribution in [2.45, 2.75) is 26.3 Å². The molecule has 0 bridgehead atoms. The minimum absolute atomic E-state index is 0.111. The quantitative estimate of drug-likeness (QED) is 0.308. The molecule has 0 amide bonds. The van der Waals surface area contributed by atoms with E-state index in [0.717, 1.165) is 0 Å². The molecule has 3 nitrogen and oxygen atoms in total. The fourth-order valence-electron chi connectivity index (χ4n) is 0.425. The van der Waals surface area contributed by atoms with Crippen LogP contribution >= 0.6 is 12.2 Å². The van der Waals surface area contributed by atoms with Crippen LogP contribution in [-0.2, 0) is 0 Å². The topological polar surface area (TPSA) is 41.3 Å². The highest BCUT2D eigenvalue weighted by atomic mass is 32.1. The molecule has 0 spiro atoms. The lowest BCUT2D eigenvalue weighted by molar-refractivity contribution is 0.241. The van der Waals surface area contributed by atoms with Crippen LogP contribution in [0, 0.1) is 0 Å². The molecule has 0 aromatic carbocycles. The van der Waals surface area contributed by atoms with Gasteiger partial charge in [0.2, 0.25) is 0 Å². The monoisotopic (exact) mass is 161 g/mol. The lowest BCUT2D eigenvalue weighted by Crippen LogP contribution is -2.53. The Hall–Kier alpha value is -0.350. The summed E-state index contributed by atoms with van der Waals surface area (Å²) < 4.78 is 0. The Morgan fingerprint density at radius 1 is 1.50 bits per heavy atom. The van der Waals surface area contributed by atoms with Crippen LogP contribution in [0.1, 0.15) is 20.8 Å². The van der Waals surface area contributed by atoms with Gasteiger partial charge in [-0.15, -0.1) is 0 Å². The molecule has 0 saturated carbocycles. The molecule has 0 saturated heterocycles. The number of thiocarbonyl (C=S) groups is 1. The number of hydrogen-bond acceptors (Lipinski definition) is 2. The van der Waals surface area contributed by atoms with Crippen molar-refractivity contribution in [1.29, 1.82) is 0 Å². The molecule has 4 heteroatoms. The Morgan fingerprint density at radius 3 is 2.00 bits per heavy atom. The average Bonchev–Trinajstić information content (AvgIpc) is 1.83. The minimum Gasteiger partial charge on any atom is -0.365 e. The summed E-state index contributed by atoms with van der Waals surface area (Å²) in [5.74, 6) is 5.63. The van der Waals surface area contributed by atoms with E-state index in [4.69, 9.17) is 18.1 Å². The molecular formula is C6H15N3S. The van der Waals surface area contributed by atoms with Crippen LogP contribution in [0.25, 0.3) is 0 Å².